The fourth-order valence-corrected chi connectivity index (χ4v) is 5.23. The molecule has 0 radical (unpaired) electrons. The van der Waals surface area contributed by atoms with E-state index in [4.69, 9.17) is 0 Å². The van der Waals surface area contributed by atoms with E-state index in [0.29, 0.717) is 12.8 Å². The van der Waals surface area contributed by atoms with E-state index >= 15 is 0 Å². The Hall–Kier alpha value is -2.70. The molecule has 1 aromatic heterocycles. The number of likely N-dealkylation sites (tertiary alicyclic amines) is 1. The lowest BCUT2D eigenvalue weighted by Gasteiger charge is -2.35. The lowest BCUT2D eigenvalue weighted by molar-refractivity contribution is -0.132. The number of H-pyrrole nitrogens is 1. The van der Waals surface area contributed by atoms with Crippen molar-refractivity contribution in [2.75, 3.05) is 52.4 Å². The third-order valence-corrected chi connectivity index (χ3v) is 7.18. The average molecular weight is 449 g/mol. The summed E-state index contributed by atoms with van der Waals surface area (Å²) in [5.74, 6) is -0.0577. The Morgan fingerprint density at radius 2 is 1.58 bits per heavy atom. The summed E-state index contributed by atoms with van der Waals surface area (Å²) in [6.07, 6.45) is 3.70. The largest absolute Gasteiger partial charge is 0.354 e. The lowest BCUT2D eigenvalue weighted by atomic mass is 10.0. The number of aryl methyl sites for hydroxylation is 1. The third-order valence-electron chi connectivity index (χ3n) is 7.18. The maximum absolute atomic E-state index is 14.0. The first-order valence-corrected chi connectivity index (χ1v) is 12.3. The predicted molar refractivity (Wildman–Crippen MR) is 131 cm³/mol. The van der Waals surface area contributed by atoms with E-state index in [-0.39, 0.29) is 11.7 Å². The van der Waals surface area contributed by atoms with Crippen LogP contribution < -0.4 is 0 Å². The van der Waals surface area contributed by atoms with Gasteiger partial charge in [0.1, 0.15) is 5.82 Å². The minimum atomic E-state index is -0.251. The minimum absolute atomic E-state index is 0.193. The molecule has 2 fully saturated rings. The Kier molecular flexibility index (Phi) is 6.74. The van der Waals surface area contributed by atoms with Gasteiger partial charge in [0.15, 0.2) is 0 Å². The van der Waals surface area contributed by atoms with Crippen molar-refractivity contribution in [2.24, 2.45) is 0 Å². The molecule has 2 aliphatic rings. The molecule has 1 amide bonds. The molecule has 5 rings (SSSR count). The van der Waals surface area contributed by atoms with Gasteiger partial charge in [0.2, 0.25) is 5.91 Å². The summed E-state index contributed by atoms with van der Waals surface area (Å²) in [6, 6.07) is 14.9. The highest BCUT2D eigenvalue weighted by molar-refractivity contribution is 5.91. The van der Waals surface area contributed by atoms with Gasteiger partial charge in [-0.2, -0.15) is 0 Å². The van der Waals surface area contributed by atoms with Gasteiger partial charge in [0.05, 0.1) is 0 Å². The van der Waals surface area contributed by atoms with Gasteiger partial charge in [0, 0.05) is 62.3 Å². The van der Waals surface area contributed by atoms with E-state index in [9.17, 15) is 9.18 Å². The zero-order valence-corrected chi connectivity index (χ0v) is 19.2. The number of benzene rings is 2. The van der Waals surface area contributed by atoms with Crippen LogP contribution in [-0.4, -0.2) is 77.9 Å². The van der Waals surface area contributed by atoms with Crippen molar-refractivity contribution in [1.29, 1.82) is 0 Å². The molecule has 5 nitrogen and oxygen atoms in total. The van der Waals surface area contributed by atoms with Crippen LogP contribution in [0.25, 0.3) is 22.2 Å². The second-order valence-electron chi connectivity index (χ2n) is 9.31. The van der Waals surface area contributed by atoms with Gasteiger partial charge in [-0.25, -0.2) is 4.39 Å². The molecule has 3 heterocycles. The van der Waals surface area contributed by atoms with Crippen LogP contribution in [0.5, 0.6) is 0 Å². The normalized spacial score (nSPS) is 17.8. The topological polar surface area (TPSA) is 42.6 Å². The van der Waals surface area contributed by atoms with Gasteiger partial charge in [0.25, 0.3) is 0 Å². The number of carbonyl (C=O) groups excluding carboxylic acids is 1. The van der Waals surface area contributed by atoms with Crippen molar-refractivity contribution < 1.29 is 9.18 Å². The molecular weight excluding hydrogens is 415 g/mol. The Morgan fingerprint density at radius 1 is 0.879 bits per heavy atom. The summed E-state index contributed by atoms with van der Waals surface area (Å²) >= 11 is 0. The molecular formula is C27H33FN4O. The molecule has 2 saturated heterocycles. The zero-order valence-electron chi connectivity index (χ0n) is 19.2. The van der Waals surface area contributed by atoms with E-state index in [1.54, 1.807) is 12.1 Å². The second-order valence-corrected chi connectivity index (χ2v) is 9.31. The van der Waals surface area contributed by atoms with E-state index in [1.807, 2.05) is 35.2 Å². The molecule has 3 aromatic rings. The van der Waals surface area contributed by atoms with Crippen molar-refractivity contribution in [3.63, 3.8) is 0 Å². The number of amides is 1. The highest BCUT2D eigenvalue weighted by Crippen LogP contribution is 2.32. The van der Waals surface area contributed by atoms with E-state index in [1.165, 1.54) is 32.0 Å². The monoisotopic (exact) mass is 448 g/mol. The lowest BCUT2D eigenvalue weighted by Crippen LogP contribution is -2.50. The van der Waals surface area contributed by atoms with Gasteiger partial charge in [-0.05, 0) is 61.7 Å². The Labute approximate surface area is 195 Å². The van der Waals surface area contributed by atoms with Gasteiger partial charge in [-0.15, -0.1) is 0 Å². The number of aromatic nitrogens is 1. The number of hydrogen-bond donors (Lipinski definition) is 1. The molecule has 0 unspecified atom stereocenters. The van der Waals surface area contributed by atoms with Crippen LogP contribution in [0, 0.1) is 5.82 Å². The number of halogens is 1. The van der Waals surface area contributed by atoms with Gasteiger partial charge in [-0.3, -0.25) is 9.69 Å². The summed E-state index contributed by atoms with van der Waals surface area (Å²) in [4.78, 5) is 23.5. The average Bonchev–Trinajstić information content (AvgIpc) is 3.50. The van der Waals surface area contributed by atoms with Crippen LogP contribution in [0.2, 0.25) is 0 Å². The maximum atomic E-state index is 14.0. The first-order chi connectivity index (χ1) is 16.2. The number of nitrogens with one attached hydrogen (secondary N) is 1. The summed E-state index contributed by atoms with van der Waals surface area (Å²) in [5.41, 5.74) is 3.97. The molecule has 0 aliphatic carbocycles. The first-order valence-electron chi connectivity index (χ1n) is 12.3. The molecule has 1 N–H and O–H groups in total. The van der Waals surface area contributed by atoms with Crippen LogP contribution in [-0.2, 0) is 11.2 Å². The fourth-order valence-electron chi connectivity index (χ4n) is 5.23. The first kappa shape index (κ1) is 22.1. The maximum Gasteiger partial charge on any atom is 0.222 e. The van der Waals surface area contributed by atoms with E-state index in [0.717, 1.165) is 67.0 Å². The van der Waals surface area contributed by atoms with Crippen LogP contribution in [0.15, 0.2) is 48.5 Å². The number of piperazine rings is 1. The Balaban J connectivity index is 1.22. The minimum Gasteiger partial charge on any atom is -0.354 e. The van der Waals surface area contributed by atoms with Gasteiger partial charge >= 0.3 is 0 Å². The number of hydrogen-bond acceptors (Lipinski definition) is 3. The fraction of sp³-hybridized carbons (Fsp3) is 0.444. The smallest absolute Gasteiger partial charge is 0.222 e. The summed E-state index contributed by atoms with van der Waals surface area (Å²) < 4.78 is 14.0. The quantitative estimate of drug-likeness (QED) is 0.591. The van der Waals surface area contributed by atoms with Gasteiger partial charge < -0.3 is 14.8 Å². The SMILES string of the molecule is O=C(CCc1c(-c2ccccc2)[nH]c2ccc(F)cc12)N1CCN(CCN2CCCC2)CC1. The molecule has 6 heteroatoms. The molecule has 0 spiro atoms. The van der Waals surface area contributed by atoms with E-state index in [2.05, 4.69) is 14.8 Å². The van der Waals surface area contributed by atoms with Crippen molar-refractivity contribution >= 4 is 16.8 Å². The number of carbonyl (C=O) groups is 1. The molecule has 2 aromatic carbocycles. The number of rotatable bonds is 7. The zero-order chi connectivity index (χ0) is 22.6. The molecule has 33 heavy (non-hydrogen) atoms. The molecule has 0 bridgehead atoms. The van der Waals surface area contributed by atoms with Crippen LogP contribution in [0.4, 0.5) is 4.39 Å². The molecule has 2 aliphatic heterocycles. The number of nitrogens with zero attached hydrogens (tertiary/aromatic N) is 3. The van der Waals surface area contributed by atoms with E-state index < -0.39 is 0 Å². The van der Waals surface area contributed by atoms with Crippen molar-refractivity contribution in [3.8, 4) is 11.3 Å². The standard InChI is InChI=1S/C27H33FN4O/c28-22-8-10-25-24(20-22)23(27(29-25)21-6-2-1-3-7-21)9-11-26(33)32-18-16-31(17-19-32)15-14-30-12-4-5-13-30/h1-3,6-8,10,20,29H,4-5,9,11-19H2. The van der Waals surface area contributed by atoms with Crippen LogP contribution in [0.3, 0.4) is 0 Å². The number of fused-ring (bicyclic) bond motifs is 1. The van der Waals surface area contributed by atoms with Crippen LogP contribution in [0.1, 0.15) is 24.8 Å². The highest BCUT2D eigenvalue weighted by atomic mass is 19.1. The second kappa shape index (κ2) is 10.1. The third kappa shape index (κ3) is 5.12. The van der Waals surface area contributed by atoms with Gasteiger partial charge in [-0.1, -0.05) is 30.3 Å². The van der Waals surface area contributed by atoms with Crippen LogP contribution >= 0.6 is 0 Å². The summed E-state index contributed by atoms with van der Waals surface area (Å²) in [6.45, 7) is 8.22. The molecule has 0 saturated carbocycles. The van der Waals surface area contributed by atoms with Crippen molar-refractivity contribution in [2.45, 2.75) is 25.7 Å². The Morgan fingerprint density at radius 3 is 2.30 bits per heavy atom. The van der Waals surface area contributed by atoms with Crippen molar-refractivity contribution in [3.05, 3.63) is 59.9 Å². The number of aromatic amines is 1. The molecule has 174 valence electrons. The highest BCUT2D eigenvalue weighted by Gasteiger charge is 2.23. The summed E-state index contributed by atoms with van der Waals surface area (Å²) in [5, 5.41) is 0.869. The Bertz CT molecular complexity index is 1080. The molecule has 0 atom stereocenters. The predicted octanol–water partition coefficient (Wildman–Crippen LogP) is 4.15. The summed E-state index contributed by atoms with van der Waals surface area (Å²) in [7, 11) is 0. The van der Waals surface area contributed by atoms with Crippen molar-refractivity contribution in [1.82, 2.24) is 19.7 Å².